The number of aliphatic carboxylic acids is 1. The van der Waals surface area contributed by atoms with Crippen LogP contribution in [-0.2, 0) is 16.1 Å². The molecule has 2 N–H and O–H groups in total. The van der Waals surface area contributed by atoms with Gasteiger partial charge in [-0.25, -0.2) is 0 Å². The van der Waals surface area contributed by atoms with Crippen LogP contribution in [0.25, 0.3) is 0 Å². The van der Waals surface area contributed by atoms with Crippen molar-refractivity contribution in [3.8, 4) is 0 Å². The Morgan fingerprint density at radius 2 is 1.95 bits per heavy atom. The van der Waals surface area contributed by atoms with Gasteiger partial charge < -0.3 is 15.2 Å². The zero-order chi connectivity index (χ0) is 15.3. The third kappa shape index (κ3) is 4.55. The minimum absolute atomic E-state index is 0.329. The lowest BCUT2D eigenvalue weighted by Crippen LogP contribution is -2.36. The van der Waals surface area contributed by atoms with Crippen molar-refractivity contribution in [2.45, 2.75) is 39.2 Å². The van der Waals surface area contributed by atoms with E-state index in [9.17, 15) is 4.79 Å². The summed E-state index contributed by atoms with van der Waals surface area (Å²) < 4.78 is 5.41. The van der Waals surface area contributed by atoms with Gasteiger partial charge in [0.2, 0.25) is 0 Å². The van der Waals surface area contributed by atoms with Gasteiger partial charge >= 0.3 is 5.97 Å². The van der Waals surface area contributed by atoms with Crippen LogP contribution in [0.4, 0.5) is 0 Å². The third-order valence-electron chi connectivity index (χ3n) is 4.43. The predicted molar refractivity (Wildman–Crippen MR) is 82.4 cm³/mol. The second-order valence-electron chi connectivity index (χ2n) is 6.33. The molecule has 1 aliphatic rings. The number of benzene rings is 1. The molecule has 0 spiro atoms. The first-order valence-electron chi connectivity index (χ1n) is 7.60. The van der Waals surface area contributed by atoms with E-state index in [-0.39, 0.29) is 0 Å². The summed E-state index contributed by atoms with van der Waals surface area (Å²) in [6.45, 7) is 7.55. The molecule has 116 valence electrons. The van der Waals surface area contributed by atoms with E-state index in [2.05, 4.69) is 12.2 Å². The first-order valence-corrected chi connectivity index (χ1v) is 7.60. The van der Waals surface area contributed by atoms with Gasteiger partial charge in [-0.1, -0.05) is 31.2 Å². The second kappa shape index (κ2) is 7.05. The number of carboxylic acid groups (broad SMARTS) is 1. The summed E-state index contributed by atoms with van der Waals surface area (Å²) in [6, 6.07) is 7.83. The maximum Gasteiger partial charge on any atom is 0.310 e. The summed E-state index contributed by atoms with van der Waals surface area (Å²) in [5.41, 5.74) is 2.37. The summed E-state index contributed by atoms with van der Waals surface area (Å²) in [6.07, 6.45) is 2.21. The summed E-state index contributed by atoms with van der Waals surface area (Å²) >= 11 is 0. The van der Waals surface area contributed by atoms with Crippen molar-refractivity contribution in [3.05, 3.63) is 35.4 Å². The molecule has 21 heavy (non-hydrogen) atoms. The van der Waals surface area contributed by atoms with Crippen LogP contribution in [0.2, 0.25) is 0 Å². The molecule has 4 heteroatoms. The molecule has 1 atom stereocenters. The molecule has 2 rings (SSSR count). The number of hydrogen-bond acceptors (Lipinski definition) is 3. The SMILES string of the molecule is CC(C(=O)O)c1ccc(CNCC2(C)CCOCC2)cc1. The molecule has 0 radical (unpaired) electrons. The summed E-state index contributed by atoms with van der Waals surface area (Å²) in [5, 5.41) is 12.5. The molecule has 4 nitrogen and oxygen atoms in total. The van der Waals surface area contributed by atoms with Crippen LogP contribution in [0.3, 0.4) is 0 Å². The van der Waals surface area contributed by atoms with Gasteiger partial charge in [0.1, 0.15) is 0 Å². The highest BCUT2D eigenvalue weighted by Gasteiger charge is 2.26. The number of ether oxygens (including phenoxy) is 1. The maximum absolute atomic E-state index is 10.9. The molecule has 1 saturated heterocycles. The lowest BCUT2D eigenvalue weighted by Gasteiger charge is -2.33. The Labute approximate surface area is 126 Å². The highest BCUT2D eigenvalue weighted by molar-refractivity contribution is 5.75. The van der Waals surface area contributed by atoms with Crippen molar-refractivity contribution in [1.82, 2.24) is 5.32 Å². The van der Waals surface area contributed by atoms with Gasteiger partial charge in [0.15, 0.2) is 0 Å². The molecule has 0 bridgehead atoms. The van der Waals surface area contributed by atoms with E-state index in [0.717, 1.165) is 44.7 Å². The summed E-state index contributed by atoms with van der Waals surface area (Å²) in [4.78, 5) is 10.9. The van der Waals surface area contributed by atoms with Gasteiger partial charge in [-0.05, 0) is 36.3 Å². The smallest absolute Gasteiger partial charge is 0.310 e. The number of carbonyl (C=O) groups is 1. The standard InChI is InChI=1S/C17H25NO3/c1-13(16(19)20)15-5-3-14(4-6-15)11-18-12-17(2)7-9-21-10-8-17/h3-6,13,18H,7-12H2,1-2H3,(H,19,20). The number of nitrogens with one attached hydrogen (secondary N) is 1. The Morgan fingerprint density at radius 3 is 2.52 bits per heavy atom. The Balaban J connectivity index is 1.82. The minimum atomic E-state index is -0.784. The Bertz CT molecular complexity index is 463. The molecule has 1 unspecified atom stereocenters. The van der Waals surface area contributed by atoms with Gasteiger partial charge in [0.25, 0.3) is 0 Å². The lowest BCUT2D eigenvalue weighted by atomic mass is 9.82. The van der Waals surface area contributed by atoms with E-state index >= 15 is 0 Å². The zero-order valence-corrected chi connectivity index (χ0v) is 12.9. The average Bonchev–Trinajstić information content (AvgIpc) is 2.48. The van der Waals surface area contributed by atoms with Gasteiger partial charge in [-0.15, -0.1) is 0 Å². The van der Waals surface area contributed by atoms with E-state index in [0.29, 0.717) is 5.41 Å². The van der Waals surface area contributed by atoms with Crippen LogP contribution in [0.15, 0.2) is 24.3 Å². The van der Waals surface area contributed by atoms with E-state index < -0.39 is 11.9 Å². The Hall–Kier alpha value is -1.39. The fourth-order valence-electron chi connectivity index (χ4n) is 2.62. The van der Waals surface area contributed by atoms with E-state index in [4.69, 9.17) is 9.84 Å². The van der Waals surface area contributed by atoms with Crippen molar-refractivity contribution in [1.29, 1.82) is 0 Å². The average molecular weight is 291 g/mol. The van der Waals surface area contributed by atoms with E-state index in [1.165, 1.54) is 5.56 Å². The van der Waals surface area contributed by atoms with Crippen LogP contribution in [0.1, 0.15) is 43.7 Å². The van der Waals surface area contributed by atoms with Crippen molar-refractivity contribution in [2.24, 2.45) is 5.41 Å². The third-order valence-corrected chi connectivity index (χ3v) is 4.43. The molecule has 1 aromatic rings. The largest absolute Gasteiger partial charge is 0.481 e. The molecule has 1 aromatic carbocycles. The van der Waals surface area contributed by atoms with Gasteiger partial charge in [0, 0.05) is 26.3 Å². The minimum Gasteiger partial charge on any atom is -0.481 e. The number of rotatable bonds is 6. The van der Waals surface area contributed by atoms with Crippen LogP contribution >= 0.6 is 0 Å². The van der Waals surface area contributed by atoms with Gasteiger partial charge in [-0.2, -0.15) is 0 Å². The quantitative estimate of drug-likeness (QED) is 0.846. The molecule has 1 heterocycles. The highest BCUT2D eigenvalue weighted by atomic mass is 16.5. The molecule has 1 fully saturated rings. The highest BCUT2D eigenvalue weighted by Crippen LogP contribution is 2.28. The van der Waals surface area contributed by atoms with Crippen molar-refractivity contribution >= 4 is 5.97 Å². The molecular formula is C17H25NO3. The van der Waals surface area contributed by atoms with E-state index in [1.54, 1.807) is 6.92 Å². The lowest BCUT2D eigenvalue weighted by molar-refractivity contribution is -0.138. The van der Waals surface area contributed by atoms with Crippen LogP contribution in [0, 0.1) is 5.41 Å². The number of carboxylic acids is 1. The Kier molecular flexibility index (Phi) is 5.37. The monoisotopic (exact) mass is 291 g/mol. The Morgan fingerprint density at radius 1 is 1.33 bits per heavy atom. The first-order chi connectivity index (χ1) is 10.0. The topological polar surface area (TPSA) is 58.6 Å². The van der Waals surface area contributed by atoms with Gasteiger partial charge in [0.05, 0.1) is 5.92 Å². The zero-order valence-electron chi connectivity index (χ0n) is 12.9. The maximum atomic E-state index is 10.9. The fourth-order valence-corrected chi connectivity index (χ4v) is 2.62. The van der Waals surface area contributed by atoms with Gasteiger partial charge in [-0.3, -0.25) is 4.79 Å². The normalized spacial score (nSPS) is 19.1. The summed E-state index contributed by atoms with van der Waals surface area (Å²) in [7, 11) is 0. The fraction of sp³-hybridized carbons (Fsp3) is 0.588. The molecule has 0 aromatic heterocycles. The molecule has 1 aliphatic heterocycles. The predicted octanol–water partition coefficient (Wildman–Crippen LogP) is 2.78. The molecule has 0 saturated carbocycles. The van der Waals surface area contributed by atoms with Crippen molar-refractivity contribution < 1.29 is 14.6 Å². The summed E-state index contributed by atoms with van der Waals surface area (Å²) in [5.74, 6) is -1.23. The second-order valence-corrected chi connectivity index (χ2v) is 6.33. The van der Waals surface area contributed by atoms with E-state index in [1.807, 2.05) is 24.3 Å². The molecule has 0 amide bonds. The molecular weight excluding hydrogens is 266 g/mol. The first kappa shape index (κ1) is 16.0. The van der Waals surface area contributed by atoms with Crippen molar-refractivity contribution in [2.75, 3.05) is 19.8 Å². The van der Waals surface area contributed by atoms with Crippen LogP contribution < -0.4 is 5.32 Å². The molecule has 0 aliphatic carbocycles. The van der Waals surface area contributed by atoms with Crippen LogP contribution in [0.5, 0.6) is 0 Å². The van der Waals surface area contributed by atoms with Crippen molar-refractivity contribution in [3.63, 3.8) is 0 Å². The number of hydrogen-bond donors (Lipinski definition) is 2. The van der Waals surface area contributed by atoms with Crippen LogP contribution in [-0.4, -0.2) is 30.8 Å².